The summed E-state index contributed by atoms with van der Waals surface area (Å²) >= 11 is 0. The molecule has 1 aromatic carbocycles. The van der Waals surface area contributed by atoms with Crippen molar-refractivity contribution in [1.29, 1.82) is 0 Å². The lowest BCUT2D eigenvalue weighted by Gasteiger charge is -2.29. The molecular formula is C17H26N2O2. The molecule has 1 unspecified atom stereocenters. The number of carbonyl (C=O) groups is 1. The van der Waals surface area contributed by atoms with E-state index in [4.69, 9.17) is 0 Å². The summed E-state index contributed by atoms with van der Waals surface area (Å²) in [4.78, 5) is 13.7. The van der Waals surface area contributed by atoms with Crippen molar-refractivity contribution in [2.75, 3.05) is 18.5 Å². The van der Waals surface area contributed by atoms with E-state index in [1.165, 1.54) is 17.7 Å². The van der Waals surface area contributed by atoms with Gasteiger partial charge >= 0.3 is 5.97 Å². The highest BCUT2D eigenvalue weighted by atomic mass is 16.4. The van der Waals surface area contributed by atoms with Crippen LogP contribution in [0.15, 0.2) is 18.2 Å². The first-order valence-electron chi connectivity index (χ1n) is 7.77. The van der Waals surface area contributed by atoms with Gasteiger partial charge in [0.2, 0.25) is 0 Å². The van der Waals surface area contributed by atoms with Crippen molar-refractivity contribution in [2.45, 2.75) is 51.6 Å². The average Bonchev–Trinajstić information content (AvgIpc) is 2.45. The Labute approximate surface area is 127 Å². The molecule has 0 aromatic heterocycles. The van der Waals surface area contributed by atoms with Crippen molar-refractivity contribution in [1.82, 2.24) is 5.32 Å². The van der Waals surface area contributed by atoms with Crippen molar-refractivity contribution < 1.29 is 9.90 Å². The van der Waals surface area contributed by atoms with Gasteiger partial charge in [0, 0.05) is 25.8 Å². The van der Waals surface area contributed by atoms with Crippen LogP contribution in [0.3, 0.4) is 0 Å². The summed E-state index contributed by atoms with van der Waals surface area (Å²) in [5.41, 5.74) is 2.99. The van der Waals surface area contributed by atoms with E-state index in [0.717, 1.165) is 24.9 Å². The van der Waals surface area contributed by atoms with Crippen LogP contribution in [0.25, 0.3) is 0 Å². The molecular weight excluding hydrogens is 264 g/mol. The highest BCUT2D eigenvalue weighted by Gasteiger charge is 2.31. The van der Waals surface area contributed by atoms with E-state index < -0.39 is 11.5 Å². The van der Waals surface area contributed by atoms with Gasteiger partial charge in [0.05, 0.1) is 0 Å². The van der Waals surface area contributed by atoms with Gasteiger partial charge in [-0.1, -0.05) is 25.5 Å². The maximum Gasteiger partial charge on any atom is 0.323 e. The molecule has 0 fully saturated rings. The van der Waals surface area contributed by atoms with Crippen LogP contribution >= 0.6 is 0 Å². The second kappa shape index (κ2) is 6.48. The Bertz CT molecular complexity index is 516. The molecule has 0 spiro atoms. The molecule has 21 heavy (non-hydrogen) atoms. The predicted molar refractivity (Wildman–Crippen MR) is 85.8 cm³/mol. The van der Waals surface area contributed by atoms with E-state index >= 15 is 0 Å². The lowest BCUT2D eigenvalue weighted by Crippen LogP contribution is -2.48. The van der Waals surface area contributed by atoms with Crippen LogP contribution in [-0.4, -0.2) is 30.2 Å². The van der Waals surface area contributed by atoms with E-state index in [9.17, 15) is 9.90 Å². The number of benzene rings is 1. The first kappa shape index (κ1) is 15.8. The fourth-order valence-corrected chi connectivity index (χ4v) is 3.02. The minimum atomic E-state index is -0.846. The Morgan fingerprint density at radius 2 is 2.24 bits per heavy atom. The maximum atomic E-state index is 11.4. The van der Waals surface area contributed by atoms with Gasteiger partial charge in [-0.2, -0.15) is 0 Å². The number of nitrogens with zero attached hydrogens (tertiary/aromatic N) is 1. The molecule has 1 atom stereocenters. The van der Waals surface area contributed by atoms with Crippen LogP contribution in [0, 0.1) is 0 Å². The third-order valence-corrected chi connectivity index (χ3v) is 4.40. The zero-order valence-electron chi connectivity index (χ0n) is 13.3. The summed E-state index contributed by atoms with van der Waals surface area (Å²) in [6.45, 7) is 5.49. The number of carboxylic acid groups (broad SMARTS) is 1. The van der Waals surface area contributed by atoms with Crippen LogP contribution in [0.4, 0.5) is 5.69 Å². The number of hydrogen-bond donors (Lipinski definition) is 2. The van der Waals surface area contributed by atoms with Gasteiger partial charge in [-0.15, -0.1) is 0 Å². The van der Waals surface area contributed by atoms with Crippen LogP contribution in [-0.2, 0) is 17.8 Å². The quantitative estimate of drug-likeness (QED) is 0.846. The average molecular weight is 290 g/mol. The molecule has 1 aliphatic heterocycles. The fraction of sp³-hybridized carbons (Fsp3) is 0.588. The minimum Gasteiger partial charge on any atom is -0.480 e. The topological polar surface area (TPSA) is 52.6 Å². The molecule has 0 saturated heterocycles. The number of fused-ring (bicyclic) bond motifs is 1. The standard InChI is InChI=1S/C17H26N2O2/c1-4-9-17(2,16(20)21)18-12-13-7-8-15-14(11-13)6-5-10-19(15)3/h7-8,11,18H,4-6,9-10,12H2,1-3H3,(H,20,21). The molecule has 1 aliphatic rings. The number of rotatable bonds is 6. The van der Waals surface area contributed by atoms with E-state index in [1.807, 2.05) is 6.92 Å². The normalized spacial score (nSPS) is 17.2. The second-order valence-corrected chi connectivity index (χ2v) is 6.23. The lowest BCUT2D eigenvalue weighted by atomic mass is 9.95. The summed E-state index contributed by atoms with van der Waals surface area (Å²) in [7, 11) is 2.12. The Hall–Kier alpha value is -1.55. The van der Waals surface area contributed by atoms with Gasteiger partial charge in [-0.05, 0) is 43.4 Å². The Morgan fingerprint density at radius 1 is 1.48 bits per heavy atom. The van der Waals surface area contributed by atoms with Gasteiger partial charge in [0.25, 0.3) is 0 Å². The van der Waals surface area contributed by atoms with Crippen LogP contribution in [0.1, 0.15) is 44.2 Å². The van der Waals surface area contributed by atoms with Gasteiger partial charge in [-0.3, -0.25) is 10.1 Å². The molecule has 1 heterocycles. The molecule has 116 valence electrons. The number of aliphatic carboxylic acids is 1. The SMILES string of the molecule is CCCC(C)(NCc1ccc2c(c1)CCCN2C)C(=O)O. The second-order valence-electron chi connectivity index (χ2n) is 6.23. The third-order valence-electron chi connectivity index (χ3n) is 4.40. The summed E-state index contributed by atoms with van der Waals surface area (Å²) < 4.78 is 0. The molecule has 0 radical (unpaired) electrons. The third kappa shape index (κ3) is 3.56. The molecule has 2 rings (SSSR count). The zero-order chi connectivity index (χ0) is 15.5. The van der Waals surface area contributed by atoms with Crippen molar-refractivity contribution in [3.63, 3.8) is 0 Å². The Balaban J connectivity index is 2.08. The van der Waals surface area contributed by atoms with E-state index in [2.05, 4.69) is 35.5 Å². The number of aryl methyl sites for hydroxylation is 1. The lowest BCUT2D eigenvalue weighted by molar-refractivity contribution is -0.144. The molecule has 0 aliphatic carbocycles. The van der Waals surface area contributed by atoms with Gasteiger partial charge in [0.1, 0.15) is 5.54 Å². The van der Waals surface area contributed by atoms with Gasteiger partial charge < -0.3 is 10.0 Å². The number of nitrogens with one attached hydrogen (secondary N) is 1. The van der Waals surface area contributed by atoms with Gasteiger partial charge in [0.15, 0.2) is 0 Å². The van der Waals surface area contributed by atoms with Crippen LogP contribution in [0.5, 0.6) is 0 Å². The summed E-state index contributed by atoms with van der Waals surface area (Å²) in [6, 6.07) is 6.47. The first-order valence-corrected chi connectivity index (χ1v) is 7.77. The Kier molecular flexibility index (Phi) is 4.88. The number of carboxylic acids is 1. The summed E-state index contributed by atoms with van der Waals surface area (Å²) in [5, 5.41) is 12.6. The monoisotopic (exact) mass is 290 g/mol. The van der Waals surface area contributed by atoms with Crippen molar-refractivity contribution >= 4 is 11.7 Å². The summed E-state index contributed by atoms with van der Waals surface area (Å²) in [5.74, 6) is -0.776. The minimum absolute atomic E-state index is 0.597. The molecule has 4 heteroatoms. The fourth-order valence-electron chi connectivity index (χ4n) is 3.02. The van der Waals surface area contributed by atoms with Gasteiger partial charge in [-0.25, -0.2) is 0 Å². The van der Waals surface area contributed by atoms with Crippen molar-refractivity contribution in [3.8, 4) is 0 Å². The number of hydrogen-bond acceptors (Lipinski definition) is 3. The molecule has 4 nitrogen and oxygen atoms in total. The molecule has 0 bridgehead atoms. The van der Waals surface area contributed by atoms with E-state index in [0.29, 0.717) is 13.0 Å². The van der Waals surface area contributed by atoms with Crippen LogP contribution in [0.2, 0.25) is 0 Å². The van der Waals surface area contributed by atoms with Crippen molar-refractivity contribution in [3.05, 3.63) is 29.3 Å². The Morgan fingerprint density at radius 3 is 2.90 bits per heavy atom. The van der Waals surface area contributed by atoms with E-state index in [1.54, 1.807) is 6.92 Å². The molecule has 1 aromatic rings. The molecule has 2 N–H and O–H groups in total. The highest BCUT2D eigenvalue weighted by Crippen LogP contribution is 2.27. The largest absolute Gasteiger partial charge is 0.480 e. The van der Waals surface area contributed by atoms with Crippen molar-refractivity contribution in [2.24, 2.45) is 0 Å². The number of anilines is 1. The van der Waals surface area contributed by atoms with Crippen LogP contribution < -0.4 is 10.2 Å². The smallest absolute Gasteiger partial charge is 0.323 e. The molecule has 0 amide bonds. The first-order chi connectivity index (χ1) is 9.96. The summed E-state index contributed by atoms with van der Waals surface area (Å²) in [6.07, 6.45) is 3.78. The molecule has 0 saturated carbocycles. The zero-order valence-corrected chi connectivity index (χ0v) is 13.3. The predicted octanol–water partition coefficient (Wildman–Crippen LogP) is 2.80. The highest BCUT2D eigenvalue weighted by molar-refractivity contribution is 5.78. The maximum absolute atomic E-state index is 11.4. The van der Waals surface area contributed by atoms with E-state index in [-0.39, 0.29) is 0 Å².